The summed E-state index contributed by atoms with van der Waals surface area (Å²) in [6.45, 7) is 0. The standard InChI is InChI=1S/C18H16FNO3/c1-23-15-7-3-5-13(9-15)16(10-18(21)22)17(11-20)12-4-2-6-14(19)8-12/h2-9,16-17H,10H2,1H3,(H,21,22). The van der Waals surface area contributed by atoms with Crippen molar-refractivity contribution >= 4 is 5.97 Å². The summed E-state index contributed by atoms with van der Waals surface area (Å²) in [6, 6.07) is 14.7. The molecule has 0 fully saturated rings. The van der Waals surface area contributed by atoms with Crippen molar-refractivity contribution < 1.29 is 19.0 Å². The minimum Gasteiger partial charge on any atom is -0.497 e. The third-order valence-corrected chi connectivity index (χ3v) is 3.67. The molecule has 2 atom stereocenters. The van der Waals surface area contributed by atoms with Crippen LogP contribution < -0.4 is 4.74 Å². The van der Waals surface area contributed by atoms with Crippen molar-refractivity contribution in [2.24, 2.45) is 0 Å². The molecule has 0 heterocycles. The van der Waals surface area contributed by atoms with Crippen molar-refractivity contribution in [3.63, 3.8) is 0 Å². The SMILES string of the molecule is COc1cccc(C(CC(=O)O)C(C#N)c2cccc(F)c2)c1. The zero-order valence-electron chi connectivity index (χ0n) is 12.6. The lowest BCUT2D eigenvalue weighted by Crippen LogP contribution is -2.14. The molecule has 2 unspecified atom stereocenters. The van der Waals surface area contributed by atoms with Crippen molar-refractivity contribution in [3.8, 4) is 11.8 Å². The molecule has 0 saturated carbocycles. The van der Waals surface area contributed by atoms with Gasteiger partial charge in [0.25, 0.3) is 0 Å². The molecule has 2 aromatic carbocycles. The number of nitrogens with zero attached hydrogens (tertiary/aromatic N) is 1. The Morgan fingerprint density at radius 3 is 2.57 bits per heavy atom. The van der Waals surface area contributed by atoms with Gasteiger partial charge in [0.2, 0.25) is 0 Å². The number of hydrogen-bond acceptors (Lipinski definition) is 3. The summed E-state index contributed by atoms with van der Waals surface area (Å²) in [7, 11) is 1.51. The second-order valence-corrected chi connectivity index (χ2v) is 5.14. The first-order valence-corrected chi connectivity index (χ1v) is 7.06. The highest BCUT2D eigenvalue weighted by Gasteiger charge is 2.27. The van der Waals surface area contributed by atoms with E-state index in [2.05, 4.69) is 6.07 Å². The number of ether oxygens (including phenoxy) is 1. The normalized spacial score (nSPS) is 12.9. The molecule has 4 nitrogen and oxygen atoms in total. The third kappa shape index (κ3) is 4.07. The van der Waals surface area contributed by atoms with E-state index in [1.807, 2.05) is 0 Å². The molecule has 2 rings (SSSR count). The number of hydrogen-bond donors (Lipinski definition) is 1. The minimum absolute atomic E-state index is 0.234. The second kappa shape index (κ2) is 7.41. The number of nitriles is 1. The van der Waals surface area contributed by atoms with Gasteiger partial charge in [-0.2, -0.15) is 5.26 Å². The number of aliphatic carboxylic acids is 1. The molecular weight excluding hydrogens is 297 g/mol. The van der Waals surface area contributed by atoms with Crippen molar-refractivity contribution in [1.29, 1.82) is 5.26 Å². The molecule has 23 heavy (non-hydrogen) atoms. The fraction of sp³-hybridized carbons (Fsp3) is 0.222. The monoisotopic (exact) mass is 313 g/mol. The van der Waals surface area contributed by atoms with E-state index in [0.717, 1.165) is 0 Å². The highest BCUT2D eigenvalue weighted by molar-refractivity contribution is 5.68. The lowest BCUT2D eigenvalue weighted by atomic mass is 9.80. The summed E-state index contributed by atoms with van der Waals surface area (Å²) < 4.78 is 18.6. The number of rotatable bonds is 6. The maximum atomic E-state index is 13.5. The lowest BCUT2D eigenvalue weighted by molar-refractivity contribution is -0.137. The highest BCUT2D eigenvalue weighted by Crippen LogP contribution is 2.36. The van der Waals surface area contributed by atoms with E-state index >= 15 is 0 Å². The predicted octanol–water partition coefficient (Wildman–Crippen LogP) is 3.70. The molecular formula is C18H16FNO3. The number of carbonyl (C=O) groups is 1. The molecule has 118 valence electrons. The van der Waals surface area contributed by atoms with E-state index in [9.17, 15) is 19.6 Å². The molecule has 0 spiro atoms. The average Bonchev–Trinajstić information content (AvgIpc) is 2.54. The second-order valence-electron chi connectivity index (χ2n) is 5.14. The summed E-state index contributed by atoms with van der Waals surface area (Å²) >= 11 is 0. The quantitative estimate of drug-likeness (QED) is 0.882. The zero-order valence-corrected chi connectivity index (χ0v) is 12.6. The molecule has 1 N–H and O–H groups in total. The molecule has 0 radical (unpaired) electrons. The van der Waals surface area contributed by atoms with Gasteiger partial charge in [-0.1, -0.05) is 24.3 Å². The van der Waals surface area contributed by atoms with Crippen molar-refractivity contribution in [1.82, 2.24) is 0 Å². The van der Waals surface area contributed by atoms with Gasteiger partial charge < -0.3 is 9.84 Å². The first kappa shape index (κ1) is 16.5. The van der Waals surface area contributed by atoms with Gasteiger partial charge in [-0.3, -0.25) is 4.79 Å². The molecule has 0 aromatic heterocycles. The van der Waals surface area contributed by atoms with Crippen molar-refractivity contribution in [3.05, 3.63) is 65.5 Å². The summed E-state index contributed by atoms with van der Waals surface area (Å²) in [6.07, 6.45) is -0.234. The Morgan fingerprint density at radius 1 is 1.26 bits per heavy atom. The van der Waals surface area contributed by atoms with E-state index in [1.165, 1.54) is 25.3 Å². The summed E-state index contributed by atoms with van der Waals surface area (Å²) in [5.74, 6) is -2.27. The van der Waals surface area contributed by atoms with Gasteiger partial charge in [-0.15, -0.1) is 0 Å². The molecule has 0 saturated heterocycles. The minimum atomic E-state index is -1.02. The Hall–Kier alpha value is -2.87. The Labute approximate surface area is 133 Å². The van der Waals surface area contributed by atoms with Gasteiger partial charge in [0.1, 0.15) is 11.6 Å². The van der Waals surface area contributed by atoms with Crippen LogP contribution in [0.25, 0.3) is 0 Å². The van der Waals surface area contributed by atoms with Crippen LogP contribution >= 0.6 is 0 Å². The summed E-state index contributed by atoms with van der Waals surface area (Å²) in [5, 5.41) is 18.7. The molecule has 5 heteroatoms. The first-order chi connectivity index (χ1) is 11.0. The number of carboxylic acid groups (broad SMARTS) is 1. The van der Waals surface area contributed by atoms with E-state index in [-0.39, 0.29) is 6.42 Å². The maximum absolute atomic E-state index is 13.5. The fourth-order valence-electron chi connectivity index (χ4n) is 2.59. The average molecular weight is 313 g/mol. The van der Waals surface area contributed by atoms with Crippen LogP contribution in [0.3, 0.4) is 0 Å². The van der Waals surface area contributed by atoms with Gasteiger partial charge in [0.05, 0.1) is 25.5 Å². The first-order valence-electron chi connectivity index (χ1n) is 7.06. The van der Waals surface area contributed by atoms with Gasteiger partial charge in [0, 0.05) is 5.92 Å². The topological polar surface area (TPSA) is 70.3 Å². The van der Waals surface area contributed by atoms with Crippen LogP contribution in [-0.4, -0.2) is 18.2 Å². The summed E-state index contributed by atoms with van der Waals surface area (Å²) in [4.78, 5) is 11.2. The number of halogens is 1. The van der Waals surface area contributed by atoms with Crippen LogP contribution in [0.5, 0.6) is 5.75 Å². The molecule has 0 aliphatic carbocycles. The molecule has 0 aliphatic heterocycles. The van der Waals surface area contributed by atoms with Gasteiger partial charge >= 0.3 is 5.97 Å². The van der Waals surface area contributed by atoms with Crippen LogP contribution in [0.2, 0.25) is 0 Å². The number of carboxylic acids is 1. The smallest absolute Gasteiger partial charge is 0.304 e. The zero-order chi connectivity index (χ0) is 16.8. The Morgan fingerprint density at radius 2 is 1.96 bits per heavy atom. The van der Waals surface area contributed by atoms with Crippen LogP contribution in [0.1, 0.15) is 29.4 Å². The Bertz CT molecular complexity index is 739. The van der Waals surface area contributed by atoms with Crippen molar-refractivity contribution in [2.45, 2.75) is 18.3 Å². The predicted molar refractivity (Wildman–Crippen MR) is 82.7 cm³/mol. The van der Waals surface area contributed by atoms with Gasteiger partial charge in [-0.25, -0.2) is 4.39 Å². The van der Waals surface area contributed by atoms with Gasteiger partial charge in [0.15, 0.2) is 0 Å². The molecule has 0 aliphatic rings. The Kier molecular flexibility index (Phi) is 5.32. The molecule has 0 amide bonds. The maximum Gasteiger partial charge on any atom is 0.304 e. The third-order valence-electron chi connectivity index (χ3n) is 3.67. The van der Waals surface area contributed by atoms with E-state index in [4.69, 9.17) is 4.74 Å². The number of benzene rings is 2. The molecule has 0 bridgehead atoms. The van der Waals surface area contributed by atoms with Crippen LogP contribution in [0, 0.1) is 17.1 Å². The van der Waals surface area contributed by atoms with Gasteiger partial charge in [-0.05, 0) is 35.4 Å². The molecule has 2 aromatic rings. The number of methoxy groups -OCH3 is 1. The van der Waals surface area contributed by atoms with Crippen LogP contribution in [-0.2, 0) is 4.79 Å². The summed E-state index contributed by atoms with van der Waals surface area (Å²) in [5.41, 5.74) is 1.13. The van der Waals surface area contributed by atoms with E-state index in [1.54, 1.807) is 30.3 Å². The highest BCUT2D eigenvalue weighted by atomic mass is 19.1. The van der Waals surface area contributed by atoms with Crippen LogP contribution in [0.15, 0.2) is 48.5 Å². The van der Waals surface area contributed by atoms with E-state index in [0.29, 0.717) is 16.9 Å². The van der Waals surface area contributed by atoms with E-state index < -0.39 is 23.6 Å². The lowest BCUT2D eigenvalue weighted by Gasteiger charge is -2.22. The van der Waals surface area contributed by atoms with Crippen molar-refractivity contribution in [2.75, 3.05) is 7.11 Å². The van der Waals surface area contributed by atoms with Crippen LogP contribution in [0.4, 0.5) is 4.39 Å². The fourth-order valence-corrected chi connectivity index (χ4v) is 2.59. The Balaban J connectivity index is 2.47. The largest absolute Gasteiger partial charge is 0.497 e.